The molecule has 1 saturated heterocycles. The molecule has 0 bridgehead atoms. The fourth-order valence-electron chi connectivity index (χ4n) is 3.90. The Balaban J connectivity index is 1.73. The van der Waals surface area contributed by atoms with Crippen LogP contribution in [0.5, 0.6) is 0 Å². The first-order chi connectivity index (χ1) is 12.1. The normalized spacial score (nSPS) is 18.1. The van der Waals surface area contributed by atoms with Gasteiger partial charge in [-0.25, -0.2) is 4.79 Å². The van der Waals surface area contributed by atoms with Crippen molar-refractivity contribution in [1.82, 2.24) is 4.90 Å². The second-order valence-electron chi connectivity index (χ2n) is 7.06. The highest BCUT2D eigenvalue weighted by Crippen LogP contribution is 2.34. The molecular weight excluding hydrogens is 310 g/mol. The molecule has 3 heteroatoms. The van der Waals surface area contributed by atoms with E-state index in [0.29, 0.717) is 11.6 Å². The zero-order valence-electron chi connectivity index (χ0n) is 14.8. The van der Waals surface area contributed by atoms with E-state index in [1.165, 1.54) is 24.0 Å². The van der Waals surface area contributed by atoms with Crippen molar-refractivity contribution < 1.29 is 4.42 Å². The van der Waals surface area contributed by atoms with Gasteiger partial charge in [-0.1, -0.05) is 30.3 Å². The van der Waals surface area contributed by atoms with Crippen LogP contribution in [-0.2, 0) is 6.54 Å². The highest BCUT2D eigenvalue weighted by Gasteiger charge is 2.26. The molecule has 0 amide bonds. The van der Waals surface area contributed by atoms with E-state index >= 15 is 0 Å². The monoisotopic (exact) mass is 333 g/mol. The summed E-state index contributed by atoms with van der Waals surface area (Å²) in [4.78, 5) is 14.5. The topological polar surface area (TPSA) is 33.5 Å². The van der Waals surface area contributed by atoms with Crippen LogP contribution in [0, 0.1) is 13.8 Å². The molecule has 2 aromatic carbocycles. The van der Waals surface area contributed by atoms with Gasteiger partial charge in [0.2, 0.25) is 0 Å². The molecule has 1 aromatic heterocycles. The Morgan fingerprint density at radius 1 is 1.08 bits per heavy atom. The molecule has 3 nitrogen and oxygen atoms in total. The number of aryl methyl sites for hydroxylation is 2. The van der Waals surface area contributed by atoms with Gasteiger partial charge in [-0.05, 0) is 67.6 Å². The maximum absolute atomic E-state index is 12.0. The molecule has 0 aliphatic carbocycles. The zero-order chi connectivity index (χ0) is 17.4. The third-order valence-corrected chi connectivity index (χ3v) is 5.37. The van der Waals surface area contributed by atoms with Gasteiger partial charge in [0.25, 0.3) is 0 Å². The van der Waals surface area contributed by atoms with Gasteiger partial charge in [-0.15, -0.1) is 0 Å². The quantitative estimate of drug-likeness (QED) is 0.649. The molecule has 0 radical (unpaired) electrons. The van der Waals surface area contributed by atoms with E-state index < -0.39 is 0 Å². The highest BCUT2D eigenvalue weighted by atomic mass is 16.4. The average molecular weight is 333 g/mol. The predicted octanol–water partition coefficient (Wildman–Crippen LogP) is 4.75. The van der Waals surface area contributed by atoms with Gasteiger partial charge in [0.15, 0.2) is 0 Å². The summed E-state index contributed by atoms with van der Waals surface area (Å²) >= 11 is 0. The van der Waals surface area contributed by atoms with Crippen LogP contribution in [0.25, 0.3) is 11.0 Å². The SMILES string of the molecule is Cc1cc2oc(=O)cc(CN3CCC[C@@H]3c3ccccc3)c2cc1C. The van der Waals surface area contributed by atoms with Crippen molar-refractivity contribution in [2.24, 2.45) is 0 Å². The number of hydrogen-bond acceptors (Lipinski definition) is 3. The van der Waals surface area contributed by atoms with Gasteiger partial charge >= 0.3 is 5.63 Å². The number of benzene rings is 2. The lowest BCUT2D eigenvalue weighted by molar-refractivity contribution is 0.249. The molecule has 0 N–H and O–H groups in total. The first-order valence-electron chi connectivity index (χ1n) is 8.95. The summed E-state index contributed by atoms with van der Waals surface area (Å²) in [5.74, 6) is 0. The number of hydrogen-bond donors (Lipinski definition) is 0. The van der Waals surface area contributed by atoms with Crippen molar-refractivity contribution in [1.29, 1.82) is 0 Å². The molecule has 2 heterocycles. The predicted molar refractivity (Wildman–Crippen MR) is 101 cm³/mol. The molecule has 1 aliphatic rings. The molecule has 0 unspecified atom stereocenters. The van der Waals surface area contributed by atoms with E-state index in [4.69, 9.17) is 4.42 Å². The standard InChI is InChI=1S/C22H23NO2/c1-15-11-19-18(13-22(24)25-21(19)12-16(15)2)14-23-10-6-9-20(23)17-7-4-3-5-8-17/h3-5,7-8,11-13,20H,6,9-10,14H2,1-2H3/t20-/m1/s1. The average Bonchev–Trinajstić information content (AvgIpc) is 3.05. The third kappa shape index (κ3) is 3.12. The molecule has 0 saturated carbocycles. The van der Waals surface area contributed by atoms with Gasteiger partial charge in [0.1, 0.15) is 5.58 Å². The van der Waals surface area contributed by atoms with Crippen molar-refractivity contribution in [3.8, 4) is 0 Å². The molecule has 25 heavy (non-hydrogen) atoms. The molecule has 3 aromatic rings. The molecular formula is C22H23NO2. The van der Waals surface area contributed by atoms with Crippen LogP contribution in [0.2, 0.25) is 0 Å². The fourth-order valence-corrected chi connectivity index (χ4v) is 3.90. The Hall–Kier alpha value is -2.39. The second kappa shape index (κ2) is 6.49. The number of likely N-dealkylation sites (tertiary alicyclic amines) is 1. The minimum Gasteiger partial charge on any atom is -0.423 e. The molecule has 0 spiro atoms. The lowest BCUT2D eigenvalue weighted by atomic mass is 10.0. The van der Waals surface area contributed by atoms with Gasteiger partial charge in [0, 0.05) is 24.0 Å². The smallest absolute Gasteiger partial charge is 0.336 e. The van der Waals surface area contributed by atoms with Crippen LogP contribution in [0.4, 0.5) is 0 Å². The van der Waals surface area contributed by atoms with Gasteiger partial charge in [-0.3, -0.25) is 4.90 Å². The van der Waals surface area contributed by atoms with E-state index in [1.807, 2.05) is 13.0 Å². The van der Waals surface area contributed by atoms with E-state index in [9.17, 15) is 4.79 Å². The Kier molecular flexibility index (Phi) is 4.18. The molecule has 128 valence electrons. The highest BCUT2D eigenvalue weighted by molar-refractivity contribution is 5.81. The first-order valence-corrected chi connectivity index (χ1v) is 8.95. The van der Waals surface area contributed by atoms with Crippen molar-refractivity contribution >= 4 is 11.0 Å². The van der Waals surface area contributed by atoms with E-state index in [0.717, 1.165) is 29.6 Å². The van der Waals surface area contributed by atoms with Gasteiger partial charge < -0.3 is 4.42 Å². The minimum absolute atomic E-state index is 0.263. The largest absolute Gasteiger partial charge is 0.423 e. The molecule has 1 atom stereocenters. The maximum atomic E-state index is 12.0. The summed E-state index contributed by atoms with van der Waals surface area (Å²) in [6.45, 7) is 6.00. The molecule has 4 rings (SSSR count). The van der Waals surface area contributed by atoms with Crippen LogP contribution in [0.3, 0.4) is 0 Å². The maximum Gasteiger partial charge on any atom is 0.336 e. The summed E-state index contributed by atoms with van der Waals surface area (Å²) in [6, 6.07) is 16.9. The summed E-state index contributed by atoms with van der Waals surface area (Å²) < 4.78 is 5.44. The van der Waals surface area contributed by atoms with Crippen molar-refractivity contribution in [3.05, 3.63) is 81.2 Å². The Bertz CT molecular complexity index is 959. The summed E-state index contributed by atoms with van der Waals surface area (Å²) in [5.41, 5.74) is 5.23. The van der Waals surface area contributed by atoms with E-state index in [-0.39, 0.29) is 5.63 Å². The van der Waals surface area contributed by atoms with Crippen LogP contribution >= 0.6 is 0 Å². The van der Waals surface area contributed by atoms with Crippen molar-refractivity contribution in [2.75, 3.05) is 6.54 Å². The lowest BCUT2D eigenvalue weighted by Gasteiger charge is -2.25. The Morgan fingerprint density at radius 3 is 2.64 bits per heavy atom. The van der Waals surface area contributed by atoms with Crippen LogP contribution in [-0.4, -0.2) is 11.4 Å². The third-order valence-electron chi connectivity index (χ3n) is 5.37. The number of nitrogens with zero attached hydrogens (tertiary/aromatic N) is 1. The first kappa shape index (κ1) is 16.1. The van der Waals surface area contributed by atoms with Crippen LogP contribution in [0.1, 0.15) is 41.1 Å². The molecule has 1 fully saturated rings. The summed E-state index contributed by atoms with van der Waals surface area (Å²) in [6.07, 6.45) is 2.36. The van der Waals surface area contributed by atoms with Crippen LogP contribution < -0.4 is 5.63 Å². The van der Waals surface area contributed by atoms with Crippen molar-refractivity contribution in [3.63, 3.8) is 0 Å². The molecule has 1 aliphatic heterocycles. The van der Waals surface area contributed by atoms with Crippen molar-refractivity contribution in [2.45, 2.75) is 39.3 Å². The van der Waals surface area contributed by atoms with E-state index in [1.54, 1.807) is 6.07 Å². The fraction of sp³-hybridized carbons (Fsp3) is 0.318. The summed E-state index contributed by atoms with van der Waals surface area (Å²) in [7, 11) is 0. The minimum atomic E-state index is -0.263. The number of rotatable bonds is 3. The zero-order valence-corrected chi connectivity index (χ0v) is 14.8. The van der Waals surface area contributed by atoms with Gasteiger partial charge in [-0.2, -0.15) is 0 Å². The lowest BCUT2D eigenvalue weighted by Crippen LogP contribution is -2.23. The van der Waals surface area contributed by atoms with Gasteiger partial charge in [0.05, 0.1) is 0 Å². The Labute approximate surface area is 147 Å². The summed E-state index contributed by atoms with van der Waals surface area (Å²) in [5, 5.41) is 1.06. The van der Waals surface area contributed by atoms with E-state index in [2.05, 4.69) is 48.2 Å². The number of fused-ring (bicyclic) bond motifs is 1. The second-order valence-corrected chi connectivity index (χ2v) is 7.06. The Morgan fingerprint density at radius 2 is 1.84 bits per heavy atom. The van der Waals surface area contributed by atoms with Crippen LogP contribution in [0.15, 0.2) is 57.7 Å².